The highest BCUT2D eigenvalue weighted by atomic mass is 16.2. The van der Waals surface area contributed by atoms with Crippen molar-refractivity contribution in [3.63, 3.8) is 0 Å². The van der Waals surface area contributed by atoms with E-state index in [9.17, 15) is 9.59 Å². The van der Waals surface area contributed by atoms with Crippen LogP contribution in [-0.2, 0) is 16.6 Å². The van der Waals surface area contributed by atoms with Crippen molar-refractivity contribution in [3.8, 4) is 0 Å². The smallest absolute Gasteiger partial charge is 0.262 e. The minimum atomic E-state index is -0.352. The fourth-order valence-corrected chi connectivity index (χ4v) is 2.15. The Balaban J connectivity index is 1.75. The Labute approximate surface area is 111 Å². The second-order valence-electron chi connectivity index (χ2n) is 4.74. The molecule has 102 valence electrons. The highest BCUT2D eigenvalue weighted by Gasteiger charge is 2.22. The molecule has 1 fully saturated rings. The summed E-state index contributed by atoms with van der Waals surface area (Å²) in [5.74, 6) is -0.404. The van der Waals surface area contributed by atoms with Crippen LogP contribution in [0.3, 0.4) is 0 Å². The summed E-state index contributed by atoms with van der Waals surface area (Å²) >= 11 is 0. The van der Waals surface area contributed by atoms with E-state index >= 15 is 0 Å². The van der Waals surface area contributed by atoms with Crippen LogP contribution < -0.4 is 10.9 Å². The molecule has 0 radical (unpaired) electrons. The number of aryl methyl sites for hydroxylation is 1. The topological polar surface area (TPSA) is 76.0 Å². The highest BCUT2D eigenvalue weighted by Crippen LogP contribution is 2.24. The third kappa shape index (κ3) is 3.94. The summed E-state index contributed by atoms with van der Waals surface area (Å²) in [7, 11) is 1.80. The standard InChI is InChI=1S/C13H18N4O2/c1-17-9-10(8-14-17)6-7-12(18)15-16-13(19)11-4-2-3-5-11/h6-9,11H,2-5H2,1H3,(H,15,18)(H,16,19). The second kappa shape index (κ2) is 6.17. The molecular weight excluding hydrogens is 244 g/mol. The van der Waals surface area contributed by atoms with Crippen molar-refractivity contribution < 1.29 is 9.59 Å². The number of nitrogens with one attached hydrogen (secondary N) is 2. The summed E-state index contributed by atoms with van der Waals surface area (Å²) in [5.41, 5.74) is 5.67. The molecule has 2 rings (SSSR count). The number of rotatable bonds is 3. The maximum absolute atomic E-state index is 11.7. The minimum Gasteiger partial charge on any atom is -0.275 e. The van der Waals surface area contributed by atoms with E-state index in [2.05, 4.69) is 16.0 Å². The molecule has 2 amide bonds. The largest absolute Gasteiger partial charge is 0.275 e. The molecule has 1 saturated carbocycles. The van der Waals surface area contributed by atoms with Crippen molar-refractivity contribution in [2.45, 2.75) is 25.7 Å². The Kier molecular flexibility index (Phi) is 4.33. The molecule has 0 bridgehead atoms. The molecule has 0 aromatic carbocycles. The van der Waals surface area contributed by atoms with Crippen molar-refractivity contribution in [2.75, 3.05) is 0 Å². The molecule has 1 aliphatic rings. The SMILES string of the molecule is Cn1cc(C=CC(=O)NNC(=O)C2CCCC2)cn1. The first-order valence-corrected chi connectivity index (χ1v) is 6.42. The fraction of sp³-hybridized carbons (Fsp3) is 0.462. The van der Waals surface area contributed by atoms with Crippen LogP contribution in [0.15, 0.2) is 18.5 Å². The van der Waals surface area contributed by atoms with Gasteiger partial charge in [0.25, 0.3) is 5.91 Å². The third-order valence-electron chi connectivity index (χ3n) is 3.19. The molecule has 1 aromatic heterocycles. The van der Waals surface area contributed by atoms with Gasteiger partial charge in [-0.15, -0.1) is 0 Å². The zero-order valence-corrected chi connectivity index (χ0v) is 10.9. The monoisotopic (exact) mass is 262 g/mol. The summed E-state index contributed by atoms with van der Waals surface area (Å²) in [5, 5.41) is 3.99. The lowest BCUT2D eigenvalue weighted by Crippen LogP contribution is -2.43. The van der Waals surface area contributed by atoms with E-state index in [0.717, 1.165) is 31.2 Å². The van der Waals surface area contributed by atoms with Gasteiger partial charge in [-0.05, 0) is 18.9 Å². The van der Waals surface area contributed by atoms with Gasteiger partial charge >= 0.3 is 0 Å². The lowest BCUT2D eigenvalue weighted by Gasteiger charge is -2.09. The summed E-state index contributed by atoms with van der Waals surface area (Å²) in [6.45, 7) is 0. The quantitative estimate of drug-likeness (QED) is 0.624. The van der Waals surface area contributed by atoms with Crippen LogP contribution in [0.1, 0.15) is 31.2 Å². The van der Waals surface area contributed by atoms with Crippen molar-refractivity contribution in [2.24, 2.45) is 13.0 Å². The summed E-state index contributed by atoms with van der Waals surface area (Å²) in [6.07, 6.45) is 10.5. The van der Waals surface area contributed by atoms with Crippen LogP contribution in [0, 0.1) is 5.92 Å². The van der Waals surface area contributed by atoms with Gasteiger partial charge < -0.3 is 0 Å². The predicted molar refractivity (Wildman–Crippen MR) is 70.5 cm³/mol. The number of nitrogens with zero attached hydrogens (tertiary/aromatic N) is 2. The number of carbonyl (C=O) groups is 2. The molecule has 2 N–H and O–H groups in total. The molecule has 19 heavy (non-hydrogen) atoms. The van der Waals surface area contributed by atoms with E-state index in [4.69, 9.17) is 0 Å². The minimum absolute atomic E-state index is 0.0441. The molecule has 1 aromatic rings. The van der Waals surface area contributed by atoms with Crippen LogP contribution >= 0.6 is 0 Å². The van der Waals surface area contributed by atoms with Gasteiger partial charge in [0.1, 0.15) is 0 Å². The van der Waals surface area contributed by atoms with E-state index in [1.807, 2.05) is 0 Å². The van der Waals surface area contributed by atoms with Crippen LogP contribution in [0.25, 0.3) is 6.08 Å². The molecule has 0 saturated heterocycles. The average Bonchev–Trinajstić information content (AvgIpc) is 3.04. The predicted octanol–water partition coefficient (Wildman–Crippen LogP) is 0.771. The zero-order chi connectivity index (χ0) is 13.7. The zero-order valence-electron chi connectivity index (χ0n) is 10.9. The van der Waals surface area contributed by atoms with Crippen LogP contribution in [0.5, 0.6) is 0 Å². The number of hydrazine groups is 1. The summed E-state index contributed by atoms with van der Waals surface area (Å²) in [4.78, 5) is 23.2. The molecule has 0 atom stereocenters. The Hall–Kier alpha value is -2.11. The number of aromatic nitrogens is 2. The Bertz CT molecular complexity index is 487. The number of hydrogen-bond donors (Lipinski definition) is 2. The van der Waals surface area contributed by atoms with E-state index in [0.29, 0.717) is 0 Å². The maximum atomic E-state index is 11.7. The Morgan fingerprint density at radius 3 is 2.74 bits per heavy atom. The first kappa shape index (κ1) is 13.3. The molecular formula is C13H18N4O2. The van der Waals surface area contributed by atoms with E-state index in [-0.39, 0.29) is 17.7 Å². The van der Waals surface area contributed by atoms with Gasteiger partial charge in [0.15, 0.2) is 0 Å². The van der Waals surface area contributed by atoms with Gasteiger partial charge in [-0.3, -0.25) is 25.1 Å². The van der Waals surface area contributed by atoms with Crippen molar-refractivity contribution >= 4 is 17.9 Å². The molecule has 0 aliphatic heterocycles. The molecule has 6 nitrogen and oxygen atoms in total. The fourth-order valence-electron chi connectivity index (χ4n) is 2.15. The van der Waals surface area contributed by atoms with Gasteiger partial charge in [0, 0.05) is 30.8 Å². The number of amides is 2. The van der Waals surface area contributed by atoms with E-state index in [1.165, 1.54) is 6.08 Å². The molecule has 1 heterocycles. The van der Waals surface area contributed by atoms with Gasteiger partial charge in [0.2, 0.25) is 5.91 Å². The average molecular weight is 262 g/mol. The van der Waals surface area contributed by atoms with Crippen LogP contribution in [0.4, 0.5) is 0 Å². The van der Waals surface area contributed by atoms with E-state index in [1.54, 1.807) is 30.2 Å². The summed E-state index contributed by atoms with van der Waals surface area (Å²) < 4.78 is 1.65. The normalized spacial score (nSPS) is 15.8. The maximum Gasteiger partial charge on any atom is 0.262 e. The number of carbonyl (C=O) groups excluding carboxylic acids is 2. The number of hydrogen-bond acceptors (Lipinski definition) is 3. The molecule has 1 aliphatic carbocycles. The lowest BCUT2D eigenvalue weighted by molar-refractivity contribution is -0.129. The Morgan fingerprint density at radius 2 is 2.11 bits per heavy atom. The molecule has 0 unspecified atom stereocenters. The lowest BCUT2D eigenvalue weighted by atomic mass is 10.1. The summed E-state index contributed by atoms with van der Waals surface area (Å²) in [6, 6.07) is 0. The van der Waals surface area contributed by atoms with Crippen molar-refractivity contribution in [1.29, 1.82) is 0 Å². The van der Waals surface area contributed by atoms with Crippen LogP contribution in [0.2, 0.25) is 0 Å². The first-order chi connectivity index (χ1) is 9.15. The highest BCUT2D eigenvalue weighted by molar-refractivity contribution is 5.93. The Morgan fingerprint density at radius 1 is 1.37 bits per heavy atom. The van der Waals surface area contributed by atoms with Crippen molar-refractivity contribution in [3.05, 3.63) is 24.0 Å². The van der Waals surface area contributed by atoms with Gasteiger partial charge in [-0.1, -0.05) is 12.8 Å². The molecule has 6 heteroatoms. The van der Waals surface area contributed by atoms with E-state index < -0.39 is 0 Å². The molecule has 0 spiro atoms. The second-order valence-corrected chi connectivity index (χ2v) is 4.74. The van der Waals surface area contributed by atoms with Crippen molar-refractivity contribution in [1.82, 2.24) is 20.6 Å². The van der Waals surface area contributed by atoms with Gasteiger partial charge in [-0.25, -0.2) is 0 Å². The van der Waals surface area contributed by atoms with Gasteiger partial charge in [-0.2, -0.15) is 5.10 Å². The first-order valence-electron chi connectivity index (χ1n) is 6.42. The third-order valence-corrected chi connectivity index (χ3v) is 3.19. The van der Waals surface area contributed by atoms with Crippen LogP contribution in [-0.4, -0.2) is 21.6 Å². The van der Waals surface area contributed by atoms with Gasteiger partial charge in [0.05, 0.1) is 6.20 Å².